The monoisotopic (exact) mass is 324 g/mol. The average molecular weight is 325 g/mol. The molecule has 0 spiro atoms. The first kappa shape index (κ1) is 13.4. The van der Waals surface area contributed by atoms with Crippen molar-refractivity contribution in [2.45, 2.75) is 0 Å². The van der Waals surface area contributed by atoms with Gasteiger partial charge in [-0.1, -0.05) is 0 Å². The van der Waals surface area contributed by atoms with Crippen molar-refractivity contribution in [1.29, 1.82) is 0 Å². The van der Waals surface area contributed by atoms with Crippen LogP contribution in [0.5, 0.6) is 11.5 Å². The van der Waals surface area contributed by atoms with Gasteiger partial charge in [-0.3, -0.25) is 0 Å². The number of ether oxygens (including phenoxy) is 2. The molecule has 2 aromatic rings. The molecule has 0 aliphatic rings. The molecule has 0 aliphatic carbocycles. The summed E-state index contributed by atoms with van der Waals surface area (Å²) in [6, 6.07) is 7.01. The molecule has 1 heterocycles. The van der Waals surface area contributed by atoms with Crippen LogP contribution >= 0.6 is 15.9 Å². The number of nitrogen functional groups attached to an aromatic ring is 1. The van der Waals surface area contributed by atoms with E-state index in [4.69, 9.17) is 15.2 Å². The summed E-state index contributed by atoms with van der Waals surface area (Å²) in [4.78, 5) is 8.27. The predicted molar refractivity (Wildman–Crippen MR) is 77.0 cm³/mol. The number of benzene rings is 1. The van der Waals surface area contributed by atoms with E-state index in [-0.39, 0.29) is 0 Å². The molecule has 0 radical (unpaired) electrons. The molecular weight excluding hydrogens is 312 g/mol. The molecule has 0 amide bonds. The number of hydrogen-bond acceptors (Lipinski definition) is 6. The van der Waals surface area contributed by atoms with Crippen LogP contribution in [0.4, 0.5) is 17.5 Å². The Hall–Kier alpha value is -2.02. The van der Waals surface area contributed by atoms with Crippen molar-refractivity contribution < 1.29 is 9.47 Å². The summed E-state index contributed by atoms with van der Waals surface area (Å²) in [6.45, 7) is 0. The zero-order valence-electron chi connectivity index (χ0n) is 10.5. The lowest BCUT2D eigenvalue weighted by atomic mass is 10.2. The highest BCUT2D eigenvalue weighted by Gasteiger charge is 2.08. The van der Waals surface area contributed by atoms with Crippen LogP contribution in [0.1, 0.15) is 0 Å². The maximum atomic E-state index is 5.66. The van der Waals surface area contributed by atoms with Crippen LogP contribution in [-0.2, 0) is 0 Å². The van der Waals surface area contributed by atoms with Gasteiger partial charge in [-0.2, -0.15) is 4.98 Å². The molecular formula is C12H13BrN4O2. The van der Waals surface area contributed by atoms with E-state index in [1.165, 1.54) is 0 Å². The molecule has 3 N–H and O–H groups in total. The van der Waals surface area contributed by atoms with Crippen molar-refractivity contribution in [3.05, 3.63) is 28.9 Å². The lowest BCUT2D eigenvalue weighted by Crippen LogP contribution is -2.02. The number of rotatable bonds is 4. The Morgan fingerprint density at radius 1 is 1.16 bits per heavy atom. The molecule has 2 rings (SSSR count). The third kappa shape index (κ3) is 3.25. The standard InChI is InChI=1S/C12H13BrN4O2/c1-18-7-3-4-9(19-2)8(5-7)15-12-16-10(13)6-11(14)17-12/h3-6H,1-2H3,(H3,14,15,16,17). The Morgan fingerprint density at radius 3 is 2.58 bits per heavy atom. The number of halogens is 1. The maximum Gasteiger partial charge on any atom is 0.230 e. The number of nitrogens with two attached hydrogens (primary N) is 1. The Balaban J connectivity index is 2.35. The number of aromatic nitrogens is 2. The molecule has 6 nitrogen and oxygen atoms in total. The van der Waals surface area contributed by atoms with Gasteiger partial charge in [-0.25, -0.2) is 4.98 Å². The summed E-state index contributed by atoms with van der Waals surface area (Å²) in [5.41, 5.74) is 6.36. The molecule has 0 unspecified atom stereocenters. The maximum absolute atomic E-state index is 5.66. The first-order valence-electron chi connectivity index (χ1n) is 5.41. The second kappa shape index (κ2) is 5.75. The minimum Gasteiger partial charge on any atom is -0.497 e. The third-order valence-corrected chi connectivity index (χ3v) is 2.77. The van der Waals surface area contributed by atoms with Crippen LogP contribution < -0.4 is 20.5 Å². The lowest BCUT2D eigenvalue weighted by Gasteiger charge is -2.11. The predicted octanol–water partition coefficient (Wildman–Crippen LogP) is 2.58. The zero-order chi connectivity index (χ0) is 13.8. The molecule has 0 saturated heterocycles. The van der Waals surface area contributed by atoms with Gasteiger partial charge in [-0.15, -0.1) is 0 Å². The Kier molecular flexibility index (Phi) is 4.06. The van der Waals surface area contributed by atoms with E-state index in [9.17, 15) is 0 Å². The van der Waals surface area contributed by atoms with Crippen molar-refractivity contribution in [2.75, 3.05) is 25.3 Å². The minimum absolute atomic E-state index is 0.367. The molecule has 19 heavy (non-hydrogen) atoms. The lowest BCUT2D eigenvalue weighted by molar-refractivity contribution is 0.405. The average Bonchev–Trinajstić information content (AvgIpc) is 2.37. The van der Waals surface area contributed by atoms with Gasteiger partial charge in [0.2, 0.25) is 5.95 Å². The number of nitrogens with zero attached hydrogens (tertiary/aromatic N) is 2. The van der Waals surface area contributed by atoms with Gasteiger partial charge in [0, 0.05) is 12.1 Å². The number of anilines is 3. The molecule has 0 fully saturated rings. The Labute approximate surface area is 119 Å². The summed E-state index contributed by atoms with van der Waals surface area (Å²) in [7, 11) is 3.18. The Bertz CT molecular complexity index is 572. The normalized spacial score (nSPS) is 10.1. The summed E-state index contributed by atoms with van der Waals surface area (Å²) in [5.74, 6) is 2.10. The quantitative estimate of drug-likeness (QED) is 0.841. The van der Waals surface area contributed by atoms with Gasteiger partial charge in [0.15, 0.2) is 0 Å². The molecule has 7 heteroatoms. The van der Waals surface area contributed by atoms with Gasteiger partial charge in [0.05, 0.1) is 19.9 Å². The van der Waals surface area contributed by atoms with Crippen molar-refractivity contribution in [3.63, 3.8) is 0 Å². The molecule has 100 valence electrons. The highest BCUT2D eigenvalue weighted by Crippen LogP contribution is 2.31. The van der Waals surface area contributed by atoms with Crippen LogP contribution in [0.15, 0.2) is 28.9 Å². The van der Waals surface area contributed by atoms with E-state index in [0.29, 0.717) is 33.6 Å². The summed E-state index contributed by atoms with van der Waals surface area (Å²) in [6.07, 6.45) is 0. The Morgan fingerprint density at radius 2 is 1.95 bits per heavy atom. The van der Waals surface area contributed by atoms with Crippen LogP contribution in [0.25, 0.3) is 0 Å². The van der Waals surface area contributed by atoms with Gasteiger partial charge in [-0.05, 0) is 28.1 Å². The molecule has 0 saturated carbocycles. The second-order valence-electron chi connectivity index (χ2n) is 3.63. The molecule has 0 bridgehead atoms. The highest BCUT2D eigenvalue weighted by atomic mass is 79.9. The largest absolute Gasteiger partial charge is 0.497 e. The van der Waals surface area contributed by atoms with Crippen molar-refractivity contribution in [2.24, 2.45) is 0 Å². The van der Waals surface area contributed by atoms with Gasteiger partial charge in [0.25, 0.3) is 0 Å². The van der Waals surface area contributed by atoms with Crippen LogP contribution in [-0.4, -0.2) is 24.2 Å². The molecule has 1 aromatic heterocycles. The molecule has 0 atom stereocenters. The second-order valence-corrected chi connectivity index (χ2v) is 4.44. The van der Waals surface area contributed by atoms with E-state index < -0.39 is 0 Å². The fourth-order valence-corrected chi connectivity index (χ4v) is 1.93. The number of nitrogens with one attached hydrogen (secondary N) is 1. The van der Waals surface area contributed by atoms with Crippen LogP contribution in [0.3, 0.4) is 0 Å². The van der Waals surface area contributed by atoms with Crippen molar-refractivity contribution >= 4 is 33.4 Å². The van der Waals surface area contributed by atoms with Crippen LogP contribution in [0, 0.1) is 0 Å². The van der Waals surface area contributed by atoms with E-state index >= 15 is 0 Å². The van der Waals surface area contributed by atoms with Crippen molar-refractivity contribution in [3.8, 4) is 11.5 Å². The first-order chi connectivity index (χ1) is 9.12. The van der Waals surface area contributed by atoms with E-state index in [0.717, 1.165) is 0 Å². The van der Waals surface area contributed by atoms with E-state index in [1.807, 2.05) is 0 Å². The van der Waals surface area contributed by atoms with E-state index in [2.05, 4.69) is 31.2 Å². The number of methoxy groups -OCH3 is 2. The molecule has 0 aliphatic heterocycles. The minimum atomic E-state index is 0.367. The number of hydrogen-bond donors (Lipinski definition) is 2. The van der Waals surface area contributed by atoms with Crippen molar-refractivity contribution in [1.82, 2.24) is 9.97 Å². The summed E-state index contributed by atoms with van der Waals surface area (Å²) >= 11 is 3.26. The van der Waals surface area contributed by atoms with Gasteiger partial charge < -0.3 is 20.5 Å². The van der Waals surface area contributed by atoms with Gasteiger partial charge in [0.1, 0.15) is 21.9 Å². The van der Waals surface area contributed by atoms with E-state index in [1.54, 1.807) is 38.5 Å². The fraction of sp³-hybridized carbons (Fsp3) is 0.167. The fourth-order valence-electron chi connectivity index (χ4n) is 1.52. The topological polar surface area (TPSA) is 82.3 Å². The smallest absolute Gasteiger partial charge is 0.230 e. The summed E-state index contributed by atoms with van der Waals surface area (Å²) in [5, 5.41) is 3.04. The summed E-state index contributed by atoms with van der Waals surface area (Å²) < 4.78 is 11.0. The molecule has 1 aromatic carbocycles. The first-order valence-corrected chi connectivity index (χ1v) is 6.21. The van der Waals surface area contributed by atoms with Crippen LogP contribution in [0.2, 0.25) is 0 Å². The zero-order valence-corrected chi connectivity index (χ0v) is 12.1. The van der Waals surface area contributed by atoms with Gasteiger partial charge >= 0.3 is 0 Å². The third-order valence-electron chi connectivity index (χ3n) is 2.37. The highest BCUT2D eigenvalue weighted by molar-refractivity contribution is 9.10. The SMILES string of the molecule is COc1ccc(OC)c(Nc2nc(N)cc(Br)n2)c1.